The van der Waals surface area contributed by atoms with Crippen molar-refractivity contribution >= 4 is 23.6 Å². The Hall–Kier alpha value is -3.13. The lowest BCUT2D eigenvalue weighted by Crippen LogP contribution is -2.41. The minimum Gasteiger partial charge on any atom is -0.480 e. The molecule has 1 aliphatic rings. The number of ether oxygens (including phenoxy) is 1. The quantitative estimate of drug-likeness (QED) is 0.232. The zero-order valence-corrected chi connectivity index (χ0v) is 25.2. The Bertz CT molecular complexity index is 1300. The molecule has 1 saturated heterocycles. The summed E-state index contributed by atoms with van der Waals surface area (Å²) in [4.78, 5) is 27.8. The van der Waals surface area contributed by atoms with Crippen molar-refractivity contribution < 1.29 is 19.4 Å². The molecular formula is C34H42N2O4S. The Labute approximate surface area is 248 Å². The summed E-state index contributed by atoms with van der Waals surface area (Å²) in [6.07, 6.45) is 4.56. The van der Waals surface area contributed by atoms with Crippen LogP contribution in [0.3, 0.4) is 0 Å². The second kappa shape index (κ2) is 15.2. The van der Waals surface area contributed by atoms with Crippen molar-refractivity contribution in [2.75, 3.05) is 25.2 Å². The zero-order valence-electron chi connectivity index (χ0n) is 24.3. The highest BCUT2D eigenvalue weighted by atomic mass is 32.2. The molecule has 41 heavy (non-hydrogen) atoms. The Kier molecular flexibility index (Phi) is 11.4. The SMILES string of the molecule is CC[C@H]1C[C@H](COCc2ccccc2)N(Cc2ccc(C(=O)N[C@@H](CCSC)C(=O)O)c(-c3ccccc3C)c2)C1. The topological polar surface area (TPSA) is 78.9 Å². The molecule has 4 rings (SSSR count). The molecule has 0 spiro atoms. The summed E-state index contributed by atoms with van der Waals surface area (Å²) in [5, 5.41) is 12.5. The van der Waals surface area contributed by atoms with Gasteiger partial charge in [0.15, 0.2) is 0 Å². The first kappa shape index (κ1) is 30.8. The van der Waals surface area contributed by atoms with E-state index in [0.29, 0.717) is 42.9 Å². The molecule has 218 valence electrons. The van der Waals surface area contributed by atoms with E-state index in [2.05, 4.69) is 35.3 Å². The molecule has 3 aromatic rings. The van der Waals surface area contributed by atoms with Gasteiger partial charge in [-0.05, 0) is 77.6 Å². The third-order valence-corrected chi connectivity index (χ3v) is 8.62. The average Bonchev–Trinajstić information content (AvgIpc) is 3.37. The van der Waals surface area contributed by atoms with Crippen molar-refractivity contribution in [3.8, 4) is 11.1 Å². The summed E-state index contributed by atoms with van der Waals surface area (Å²) < 4.78 is 6.16. The van der Waals surface area contributed by atoms with E-state index in [1.54, 1.807) is 11.8 Å². The van der Waals surface area contributed by atoms with E-state index < -0.39 is 12.0 Å². The van der Waals surface area contributed by atoms with Gasteiger partial charge in [0.25, 0.3) is 5.91 Å². The van der Waals surface area contributed by atoms with Gasteiger partial charge in [0.1, 0.15) is 6.04 Å². The maximum atomic E-state index is 13.4. The number of hydrogen-bond donors (Lipinski definition) is 2. The third kappa shape index (κ3) is 8.44. The normalized spacial score (nSPS) is 17.8. The van der Waals surface area contributed by atoms with Gasteiger partial charge < -0.3 is 15.2 Å². The fourth-order valence-corrected chi connectivity index (χ4v) is 6.06. The number of amides is 1. The number of thioether (sulfide) groups is 1. The van der Waals surface area contributed by atoms with Crippen LogP contribution in [0.5, 0.6) is 0 Å². The number of carboxylic acid groups (broad SMARTS) is 1. The van der Waals surface area contributed by atoms with Gasteiger partial charge in [-0.3, -0.25) is 9.69 Å². The van der Waals surface area contributed by atoms with E-state index >= 15 is 0 Å². The fraction of sp³-hybridized carbons (Fsp3) is 0.412. The van der Waals surface area contributed by atoms with E-state index in [0.717, 1.165) is 48.2 Å². The van der Waals surface area contributed by atoms with Crippen LogP contribution in [-0.4, -0.2) is 59.1 Å². The molecule has 0 saturated carbocycles. The Balaban J connectivity index is 1.55. The molecule has 0 radical (unpaired) electrons. The van der Waals surface area contributed by atoms with E-state index in [4.69, 9.17) is 4.74 Å². The summed E-state index contributed by atoms with van der Waals surface area (Å²) >= 11 is 1.57. The van der Waals surface area contributed by atoms with Gasteiger partial charge in [-0.1, -0.05) is 74.0 Å². The number of aryl methyl sites for hydroxylation is 1. The van der Waals surface area contributed by atoms with Crippen LogP contribution in [0.2, 0.25) is 0 Å². The molecule has 0 aliphatic carbocycles. The Morgan fingerprint density at radius 2 is 1.80 bits per heavy atom. The molecular weight excluding hydrogens is 532 g/mol. The molecule has 0 bridgehead atoms. The maximum absolute atomic E-state index is 13.4. The molecule has 2 N–H and O–H groups in total. The number of hydrogen-bond acceptors (Lipinski definition) is 5. The van der Waals surface area contributed by atoms with Gasteiger partial charge in [0.2, 0.25) is 0 Å². The van der Waals surface area contributed by atoms with Gasteiger partial charge in [-0.25, -0.2) is 4.79 Å². The Morgan fingerprint density at radius 3 is 2.51 bits per heavy atom. The van der Waals surface area contributed by atoms with Crippen LogP contribution in [0, 0.1) is 12.8 Å². The monoisotopic (exact) mass is 574 g/mol. The number of carboxylic acids is 1. The van der Waals surface area contributed by atoms with Crippen LogP contribution >= 0.6 is 11.8 Å². The van der Waals surface area contributed by atoms with Crippen molar-refractivity contribution in [1.29, 1.82) is 0 Å². The molecule has 3 atom stereocenters. The van der Waals surface area contributed by atoms with Crippen molar-refractivity contribution in [2.45, 2.75) is 58.3 Å². The highest BCUT2D eigenvalue weighted by molar-refractivity contribution is 7.98. The van der Waals surface area contributed by atoms with E-state index in [9.17, 15) is 14.7 Å². The summed E-state index contributed by atoms with van der Waals surface area (Å²) in [5.74, 6) is -0.0780. The largest absolute Gasteiger partial charge is 0.480 e. The number of nitrogens with zero attached hydrogens (tertiary/aromatic N) is 1. The molecule has 6 nitrogen and oxygen atoms in total. The van der Waals surface area contributed by atoms with Crippen molar-refractivity contribution in [3.05, 3.63) is 95.1 Å². The average molecular weight is 575 g/mol. The van der Waals surface area contributed by atoms with Crippen LogP contribution in [0.25, 0.3) is 11.1 Å². The minimum atomic E-state index is -1.01. The van der Waals surface area contributed by atoms with Gasteiger partial charge in [0.05, 0.1) is 13.2 Å². The highest BCUT2D eigenvalue weighted by Crippen LogP contribution is 2.31. The van der Waals surface area contributed by atoms with Crippen LogP contribution in [0.1, 0.15) is 53.2 Å². The smallest absolute Gasteiger partial charge is 0.326 e. The summed E-state index contributed by atoms with van der Waals surface area (Å²) in [6, 6.07) is 23.7. The minimum absolute atomic E-state index is 0.335. The molecule has 1 fully saturated rings. The lowest BCUT2D eigenvalue weighted by molar-refractivity contribution is -0.139. The first-order valence-corrected chi connectivity index (χ1v) is 15.9. The molecule has 1 aliphatic heterocycles. The molecule has 1 heterocycles. The summed E-state index contributed by atoms with van der Waals surface area (Å²) in [5.41, 5.74) is 5.67. The maximum Gasteiger partial charge on any atom is 0.326 e. The second-order valence-electron chi connectivity index (χ2n) is 10.9. The highest BCUT2D eigenvalue weighted by Gasteiger charge is 2.31. The van der Waals surface area contributed by atoms with E-state index in [1.807, 2.05) is 67.8 Å². The number of carbonyl (C=O) groups excluding carboxylic acids is 1. The molecule has 0 aromatic heterocycles. The first-order valence-electron chi connectivity index (χ1n) is 14.5. The lowest BCUT2D eigenvalue weighted by atomic mass is 9.93. The number of likely N-dealkylation sites (tertiary alicyclic amines) is 1. The molecule has 3 aromatic carbocycles. The number of benzene rings is 3. The molecule has 7 heteroatoms. The molecule has 1 amide bonds. The van der Waals surface area contributed by atoms with Gasteiger partial charge >= 0.3 is 5.97 Å². The fourth-order valence-electron chi connectivity index (χ4n) is 5.59. The second-order valence-corrected chi connectivity index (χ2v) is 11.9. The number of aliphatic carboxylic acids is 1. The molecule has 0 unspecified atom stereocenters. The number of rotatable bonds is 14. The van der Waals surface area contributed by atoms with Crippen molar-refractivity contribution in [3.63, 3.8) is 0 Å². The zero-order chi connectivity index (χ0) is 29.2. The van der Waals surface area contributed by atoms with Crippen molar-refractivity contribution in [1.82, 2.24) is 10.2 Å². The Morgan fingerprint density at radius 1 is 1.05 bits per heavy atom. The van der Waals surface area contributed by atoms with E-state index in [-0.39, 0.29) is 5.91 Å². The van der Waals surface area contributed by atoms with Crippen LogP contribution in [-0.2, 0) is 22.7 Å². The summed E-state index contributed by atoms with van der Waals surface area (Å²) in [6.45, 7) is 7.37. The first-order chi connectivity index (χ1) is 19.9. The lowest BCUT2D eigenvalue weighted by Gasteiger charge is -2.25. The van der Waals surface area contributed by atoms with E-state index in [1.165, 1.54) is 5.56 Å². The van der Waals surface area contributed by atoms with Gasteiger partial charge in [-0.2, -0.15) is 11.8 Å². The summed E-state index contributed by atoms with van der Waals surface area (Å²) in [7, 11) is 0. The van der Waals surface area contributed by atoms with Gasteiger partial charge in [0, 0.05) is 24.7 Å². The number of nitrogens with one attached hydrogen (secondary N) is 1. The van der Waals surface area contributed by atoms with Crippen LogP contribution in [0.15, 0.2) is 72.8 Å². The number of carbonyl (C=O) groups is 2. The third-order valence-electron chi connectivity index (χ3n) is 7.98. The van der Waals surface area contributed by atoms with Gasteiger partial charge in [-0.15, -0.1) is 0 Å². The van der Waals surface area contributed by atoms with Crippen LogP contribution in [0.4, 0.5) is 0 Å². The van der Waals surface area contributed by atoms with Crippen molar-refractivity contribution in [2.24, 2.45) is 5.92 Å². The predicted octanol–water partition coefficient (Wildman–Crippen LogP) is 6.42. The standard InChI is InChI=1S/C34H42N2O4S/c1-4-25-18-28(23-40-22-26-11-6-5-7-12-26)36(20-25)21-27-14-15-30(31(19-27)29-13-9-8-10-24(29)2)33(37)35-32(34(38)39)16-17-41-3/h5-15,19,25,28,32H,4,16-18,20-23H2,1-3H3,(H,35,37)(H,38,39)/t25-,28+,32-/m0/s1. The van der Waals surface area contributed by atoms with Crippen LogP contribution < -0.4 is 5.32 Å². The predicted molar refractivity (Wildman–Crippen MR) is 167 cm³/mol.